The fourth-order valence-corrected chi connectivity index (χ4v) is 2.39. The number of nitrogens with zero attached hydrogens (tertiary/aromatic N) is 3. The molecular weight excluding hydrogens is 214 g/mol. The monoisotopic (exact) mass is 229 g/mol. The van der Waals surface area contributed by atoms with Gasteiger partial charge in [0.1, 0.15) is 0 Å². The SMILES string of the molecule is Nc1nc(N)n(Cc2ccc3c(c2)CCC3)n1. The summed E-state index contributed by atoms with van der Waals surface area (Å²) in [5.41, 5.74) is 15.3. The van der Waals surface area contributed by atoms with Crippen LogP contribution in [0.15, 0.2) is 18.2 Å². The second kappa shape index (κ2) is 3.76. The number of aromatic nitrogens is 3. The Hall–Kier alpha value is -2.04. The number of rotatable bonds is 2. The van der Waals surface area contributed by atoms with Crippen LogP contribution in [-0.4, -0.2) is 14.8 Å². The molecule has 1 heterocycles. The second-order valence-corrected chi connectivity index (χ2v) is 4.44. The summed E-state index contributed by atoms with van der Waals surface area (Å²) in [6.07, 6.45) is 3.64. The first-order valence-corrected chi connectivity index (χ1v) is 5.79. The van der Waals surface area contributed by atoms with Gasteiger partial charge in [0.25, 0.3) is 0 Å². The van der Waals surface area contributed by atoms with E-state index in [0.29, 0.717) is 12.5 Å². The van der Waals surface area contributed by atoms with Gasteiger partial charge in [-0.25, -0.2) is 4.68 Å². The highest BCUT2D eigenvalue weighted by molar-refractivity contribution is 5.36. The second-order valence-electron chi connectivity index (χ2n) is 4.44. The molecule has 0 aliphatic heterocycles. The highest BCUT2D eigenvalue weighted by Crippen LogP contribution is 2.23. The van der Waals surface area contributed by atoms with Gasteiger partial charge in [-0.2, -0.15) is 4.98 Å². The van der Waals surface area contributed by atoms with Crippen LogP contribution in [0.2, 0.25) is 0 Å². The van der Waals surface area contributed by atoms with E-state index in [9.17, 15) is 0 Å². The maximum Gasteiger partial charge on any atom is 0.241 e. The molecule has 2 aromatic rings. The predicted octanol–water partition coefficient (Wildman–Crippen LogP) is 0.979. The number of nitrogens with two attached hydrogens (primary N) is 2. The minimum Gasteiger partial charge on any atom is -0.368 e. The Morgan fingerprint density at radius 1 is 1.18 bits per heavy atom. The number of hydrogen-bond acceptors (Lipinski definition) is 4. The lowest BCUT2D eigenvalue weighted by Gasteiger charge is -2.05. The Morgan fingerprint density at radius 2 is 2.00 bits per heavy atom. The Bertz CT molecular complexity index is 558. The molecule has 0 atom stereocenters. The van der Waals surface area contributed by atoms with Crippen LogP contribution in [0.4, 0.5) is 11.9 Å². The Balaban J connectivity index is 1.88. The molecule has 0 fully saturated rings. The molecule has 1 aliphatic rings. The number of benzene rings is 1. The van der Waals surface area contributed by atoms with Crippen LogP contribution in [-0.2, 0) is 19.4 Å². The van der Waals surface area contributed by atoms with E-state index in [-0.39, 0.29) is 5.95 Å². The highest BCUT2D eigenvalue weighted by atomic mass is 15.4. The van der Waals surface area contributed by atoms with Crippen molar-refractivity contribution < 1.29 is 0 Å². The molecule has 1 aromatic carbocycles. The maximum atomic E-state index is 5.71. The number of nitrogen functional groups attached to an aromatic ring is 2. The minimum absolute atomic E-state index is 0.226. The number of fused-ring (bicyclic) bond motifs is 1. The standard InChI is InChI=1S/C12H15N5/c13-11-15-12(14)17(16-11)7-8-4-5-9-2-1-3-10(9)6-8/h4-6H,1-3,7H2,(H4,13,14,15,16). The third-order valence-corrected chi connectivity index (χ3v) is 3.21. The van der Waals surface area contributed by atoms with Crippen LogP contribution in [0.5, 0.6) is 0 Å². The van der Waals surface area contributed by atoms with Crippen molar-refractivity contribution in [3.05, 3.63) is 34.9 Å². The van der Waals surface area contributed by atoms with Gasteiger partial charge in [-0.1, -0.05) is 18.2 Å². The van der Waals surface area contributed by atoms with E-state index in [1.54, 1.807) is 4.68 Å². The molecule has 0 bridgehead atoms. The van der Waals surface area contributed by atoms with Crippen molar-refractivity contribution in [2.24, 2.45) is 0 Å². The summed E-state index contributed by atoms with van der Waals surface area (Å²) in [4.78, 5) is 3.89. The predicted molar refractivity (Wildman–Crippen MR) is 66.4 cm³/mol. The van der Waals surface area contributed by atoms with Crippen molar-refractivity contribution in [3.63, 3.8) is 0 Å². The van der Waals surface area contributed by atoms with Gasteiger partial charge >= 0.3 is 0 Å². The van der Waals surface area contributed by atoms with Gasteiger partial charge in [0, 0.05) is 0 Å². The topological polar surface area (TPSA) is 82.7 Å². The first kappa shape index (κ1) is 10.1. The van der Waals surface area contributed by atoms with Crippen molar-refractivity contribution >= 4 is 11.9 Å². The lowest BCUT2D eigenvalue weighted by molar-refractivity contribution is 0.698. The third-order valence-electron chi connectivity index (χ3n) is 3.21. The lowest BCUT2D eigenvalue weighted by Crippen LogP contribution is -2.06. The summed E-state index contributed by atoms with van der Waals surface area (Å²) in [6.45, 7) is 0.628. The zero-order valence-corrected chi connectivity index (χ0v) is 9.56. The molecule has 0 spiro atoms. The summed E-state index contributed by atoms with van der Waals surface area (Å²) in [5, 5.41) is 4.06. The molecule has 0 saturated heterocycles. The zero-order valence-electron chi connectivity index (χ0n) is 9.56. The first-order chi connectivity index (χ1) is 8.22. The van der Waals surface area contributed by atoms with Crippen molar-refractivity contribution in [2.75, 3.05) is 11.5 Å². The molecule has 5 heteroatoms. The molecule has 17 heavy (non-hydrogen) atoms. The molecule has 88 valence electrons. The Kier molecular flexibility index (Phi) is 2.24. The van der Waals surface area contributed by atoms with Gasteiger partial charge in [-0.15, -0.1) is 5.10 Å². The molecule has 0 radical (unpaired) electrons. The molecule has 0 unspecified atom stereocenters. The van der Waals surface area contributed by atoms with Crippen LogP contribution >= 0.6 is 0 Å². The van der Waals surface area contributed by atoms with Crippen molar-refractivity contribution in [3.8, 4) is 0 Å². The molecule has 5 nitrogen and oxygen atoms in total. The number of hydrogen-bond donors (Lipinski definition) is 2. The van der Waals surface area contributed by atoms with Crippen LogP contribution in [0.25, 0.3) is 0 Å². The molecule has 1 aromatic heterocycles. The maximum absolute atomic E-state index is 5.71. The van der Waals surface area contributed by atoms with Crippen LogP contribution in [0, 0.1) is 0 Å². The fourth-order valence-electron chi connectivity index (χ4n) is 2.39. The molecule has 0 saturated carbocycles. The molecular formula is C12H15N5. The van der Waals surface area contributed by atoms with Gasteiger partial charge < -0.3 is 11.5 Å². The van der Waals surface area contributed by atoms with E-state index < -0.39 is 0 Å². The van der Waals surface area contributed by atoms with E-state index >= 15 is 0 Å². The van der Waals surface area contributed by atoms with Gasteiger partial charge in [-0.05, 0) is 36.0 Å². The summed E-state index contributed by atoms with van der Waals surface area (Å²) in [6, 6.07) is 6.56. The average Bonchev–Trinajstić information content (AvgIpc) is 2.85. The third kappa shape index (κ3) is 1.84. The van der Waals surface area contributed by atoms with Crippen LogP contribution < -0.4 is 11.5 Å². The van der Waals surface area contributed by atoms with Crippen molar-refractivity contribution in [1.82, 2.24) is 14.8 Å². The zero-order chi connectivity index (χ0) is 11.8. The minimum atomic E-state index is 0.226. The summed E-state index contributed by atoms with van der Waals surface area (Å²) in [5.74, 6) is 0.589. The number of aryl methyl sites for hydroxylation is 2. The van der Waals surface area contributed by atoms with Gasteiger partial charge in [0.2, 0.25) is 11.9 Å². The van der Waals surface area contributed by atoms with E-state index in [1.807, 2.05) is 0 Å². The van der Waals surface area contributed by atoms with Crippen LogP contribution in [0.3, 0.4) is 0 Å². The molecule has 0 amide bonds. The van der Waals surface area contributed by atoms with Gasteiger partial charge in [0.15, 0.2) is 0 Å². The molecule has 1 aliphatic carbocycles. The van der Waals surface area contributed by atoms with E-state index in [4.69, 9.17) is 11.5 Å². The van der Waals surface area contributed by atoms with Crippen molar-refractivity contribution in [2.45, 2.75) is 25.8 Å². The average molecular weight is 229 g/mol. The van der Waals surface area contributed by atoms with Crippen LogP contribution in [0.1, 0.15) is 23.1 Å². The summed E-state index contributed by atoms with van der Waals surface area (Å²) in [7, 11) is 0. The van der Waals surface area contributed by atoms with E-state index in [1.165, 1.54) is 36.0 Å². The Morgan fingerprint density at radius 3 is 2.76 bits per heavy atom. The van der Waals surface area contributed by atoms with Gasteiger partial charge in [0.05, 0.1) is 6.54 Å². The molecule has 3 rings (SSSR count). The fraction of sp³-hybridized carbons (Fsp3) is 0.333. The van der Waals surface area contributed by atoms with Crippen molar-refractivity contribution in [1.29, 1.82) is 0 Å². The van der Waals surface area contributed by atoms with E-state index in [2.05, 4.69) is 28.3 Å². The lowest BCUT2D eigenvalue weighted by atomic mass is 10.1. The summed E-state index contributed by atoms with van der Waals surface area (Å²) < 4.78 is 1.63. The highest BCUT2D eigenvalue weighted by Gasteiger charge is 2.11. The number of anilines is 2. The first-order valence-electron chi connectivity index (χ1n) is 5.79. The largest absolute Gasteiger partial charge is 0.368 e. The molecule has 4 N–H and O–H groups in total. The Labute approximate surface area is 99.4 Å². The van der Waals surface area contributed by atoms with E-state index in [0.717, 1.165) is 0 Å². The normalized spacial score (nSPS) is 13.9. The summed E-state index contributed by atoms with van der Waals surface area (Å²) >= 11 is 0. The van der Waals surface area contributed by atoms with Gasteiger partial charge in [-0.3, -0.25) is 0 Å². The smallest absolute Gasteiger partial charge is 0.241 e. The quantitative estimate of drug-likeness (QED) is 0.804.